The zero-order valence-electron chi connectivity index (χ0n) is 18.3. The third kappa shape index (κ3) is 4.85. The number of nitrogens with one attached hydrogen (secondary N) is 1. The SMILES string of the molecule is O=C(Cn1nc(C(=O)O)c2ccccc2c1=O)Nc1ccc(S(=O)(=O)N2CCCCCC2)cc1. The van der Waals surface area contributed by atoms with Crippen LogP contribution in [0.15, 0.2) is 58.2 Å². The standard InChI is InChI=1S/C23H24N4O6S/c28-20(15-27-22(29)19-8-4-3-7-18(19)21(25-27)23(30)31)24-16-9-11-17(12-10-16)34(32,33)26-13-5-1-2-6-14-26/h3-4,7-12H,1-2,5-6,13-15H2,(H,24,28)(H,30,31). The van der Waals surface area contributed by atoms with Gasteiger partial charge in [-0.1, -0.05) is 31.0 Å². The lowest BCUT2D eigenvalue weighted by atomic mass is 10.1. The molecule has 10 nitrogen and oxygen atoms in total. The van der Waals surface area contributed by atoms with Crippen molar-refractivity contribution in [2.24, 2.45) is 0 Å². The number of carboxylic acids is 1. The second-order valence-corrected chi connectivity index (χ2v) is 9.99. The van der Waals surface area contributed by atoms with E-state index in [2.05, 4.69) is 10.4 Å². The summed E-state index contributed by atoms with van der Waals surface area (Å²) in [6.07, 6.45) is 3.69. The highest BCUT2D eigenvalue weighted by molar-refractivity contribution is 7.89. The van der Waals surface area contributed by atoms with Crippen molar-refractivity contribution in [2.75, 3.05) is 18.4 Å². The van der Waals surface area contributed by atoms with Crippen LogP contribution >= 0.6 is 0 Å². The number of hydrogen-bond acceptors (Lipinski definition) is 6. The smallest absolute Gasteiger partial charge is 0.357 e. The van der Waals surface area contributed by atoms with E-state index in [1.54, 1.807) is 12.1 Å². The molecule has 1 fully saturated rings. The summed E-state index contributed by atoms with van der Waals surface area (Å²) in [6.45, 7) is 0.483. The Hall–Kier alpha value is -3.57. The molecule has 4 rings (SSSR count). The summed E-state index contributed by atoms with van der Waals surface area (Å²) < 4.78 is 28.1. The molecule has 2 aromatic carbocycles. The van der Waals surface area contributed by atoms with Crippen molar-refractivity contribution < 1.29 is 23.1 Å². The third-order valence-electron chi connectivity index (χ3n) is 5.70. The number of carbonyl (C=O) groups excluding carboxylic acids is 1. The van der Waals surface area contributed by atoms with E-state index in [0.29, 0.717) is 18.8 Å². The highest BCUT2D eigenvalue weighted by Crippen LogP contribution is 2.22. The molecule has 34 heavy (non-hydrogen) atoms. The van der Waals surface area contributed by atoms with Gasteiger partial charge in [0, 0.05) is 24.2 Å². The van der Waals surface area contributed by atoms with E-state index in [-0.39, 0.29) is 21.4 Å². The third-order valence-corrected chi connectivity index (χ3v) is 7.62. The summed E-state index contributed by atoms with van der Waals surface area (Å²) in [5, 5.41) is 16.2. The molecule has 0 bridgehead atoms. The Bertz CT molecular complexity index is 1390. The maximum atomic E-state index is 12.9. The minimum absolute atomic E-state index is 0.144. The summed E-state index contributed by atoms with van der Waals surface area (Å²) in [7, 11) is -3.61. The number of anilines is 1. The lowest BCUT2D eigenvalue weighted by molar-refractivity contribution is -0.117. The molecule has 0 unspecified atom stereocenters. The van der Waals surface area contributed by atoms with Gasteiger partial charge in [0.05, 0.1) is 10.3 Å². The lowest BCUT2D eigenvalue weighted by Gasteiger charge is -2.20. The number of carboxylic acid groups (broad SMARTS) is 1. The largest absolute Gasteiger partial charge is 0.476 e. The molecule has 2 N–H and O–H groups in total. The first-order valence-electron chi connectivity index (χ1n) is 10.9. The van der Waals surface area contributed by atoms with E-state index in [4.69, 9.17) is 0 Å². The molecular weight excluding hydrogens is 460 g/mol. The molecule has 0 aliphatic carbocycles. The highest BCUT2D eigenvalue weighted by atomic mass is 32.2. The molecule has 0 saturated carbocycles. The monoisotopic (exact) mass is 484 g/mol. The van der Waals surface area contributed by atoms with Crippen LogP contribution in [0.2, 0.25) is 0 Å². The molecule has 1 aliphatic heterocycles. The van der Waals surface area contributed by atoms with E-state index >= 15 is 0 Å². The fraction of sp³-hybridized carbons (Fsp3) is 0.304. The predicted octanol–water partition coefficient (Wildman–Crippen LogP) is 2.30. The number of nitrogens with zero attached hydrogens (tertiary/aromatic N) is 3. The normalized spacial score (nSPS) is 15.1. The van der Waals surface area contributed by atoms with Gasteiger partial charge in [0.1, 0.15) is 6.54 Å². The molecule has 1 aliphatic rings. The van der Waals surface area contributed by atoms with Crippen LogP contribution in [-0.4, -0.2) is 52.6 Å². The van der Waals surface area contributed by atoms with E-state index < -0.39 is 34.0 Å². The molecule has 1 aromatic heterocycles. The van der Waals surface area contributed by atoms with Crippen molar-refractivity contribution in [3.8, 4) is 0 Å². The zero-order valence-corrected chi connectivity index (χ0v) is 19.1. The van der Waals surface area contributed by atoms with Crippen molar-refractivity contribution in [3.05, 3.63) is 64.6 Å². The Balaban J connectivity index is 1.51. The fourth-order valence-electron chi connectivity index (χ4n) is 3.98. The van der Waals surface area contributed by atoms with Gasteiger partial charge in [0.15, 0.2) is 5.69 Å². The van der Waals surface area contributed by atoms with Crippen LogP contribution in [0.25, 0.3) is 10.8 Å². The van der Waals surface area contributed by atoms with Crippen LogP contribution in [0.1, 0.15) is 36.2 Å². The van der Waals surface area contributed by atoms with Gasteiger partial charge >= 0.3 is 5.97 Å². The van der Waals surface area contributed by atoms with Gasteiger partial charge in [-0.3, -0.25) is 9.59 Å². The summed E-state index contributed by atoms with van der Waals surface area (Å²) in [4.78, 5) is 36.9. The minimum Gasteiger partial charge on any atom is -0.476 e. The molecule has 11 heteroatoms. The summed E-state index contributed by atoms with van der Waals surface area (Å²) in [5.41, 5.74) is -0.576. The van der Waals surface area contributed by atoms with E-state index in [1.807, 2.05) is 0 Å². The zero-order chi connectivity index (χ0) is 24.3. The number of rotatable bonds is 6. The molecule has 1 saturated heterocycles. The first-order valence-corrected chi connectivity index (χ1v) is 12.3. The van der Waals surface area contributed by atoms with E-state index in [0.717, 1.165) is 30.4 Å². The van der Waals surface area contributed by atoms with Gasteiger partial charge in [0.2, 0.25) is 15.9 Å². The Kier molecular flexibility index (Phi) is 6.75. The molecule has 178 valence electrons. The number of benzene rings is 2. The van der Waals surface area contributed by atoms with E-state index in [1.165, 1.54) is 40.7 Å². The molecule has 1 amide bonds. The Morgan fingerprint density at radius 2 is 1.56 bits per heavy atom. The predicted molar refractivity (Wildman–Crippen MR) is 125 cm³/mol. The number of aromatic nitrogens is 2. The van der Waals surface area contributed by atoms with Crippen molar-refractivity contribution in [1.29, 1.82) is 0 Å². The van der Waals surface area contributed by atoms with Gasteiger partial charge in [-0.05, 0) is 43.2 Å². The lowest BCUT2D eigenvalue weighted by Crippen LogP contribution is -2.32. The molecule has 2 heterocycles. The number of carbonyl (C=O) groups is 2. The molecule has 3 aromatic rings. The number of sulfonamides is 1. The number of hydrogen-bond donors (Lipinski definition) is 2. The van der Waals surface area contributed by atoms with Crippen LogP contribution in [0.4, 0.5) is 5.69 Å². The first-order chi connectivity index (χ1) is 16.3. The van der Waals surface area contributed by atoms with Crippen molar-refractivity contribution >= 4 is 38.4 Å². The Morgan fingerprint density at radius 1 is 0.941 bits per heavy atom. The van der Waals surface area contributed by atoms with Gasteiger partial charge < -0.3 is 10.4 Å². The molecule has 0 radical (unpaired) electrons. The van der Waals surface area contributed by atoms with Gasteiger partial charge in [-0.15, -0.1) is 0 Å². The topological polar surface area (TPSA) is 139 Å². The van der Waals surface area contributed by atoms with Crippen LogP contribution < -0.4 is 10.9 Å². The number of aromatic carboxylic acids is 1. The van der Waals surface area contributed by atoms with Gasteiger partial charge in [-0.2, -0.15) is 9.40 Å². The van der Waals surface area contributed by atoms with Crippen LogP contribution in [0.3, 0.4) is 0 Å². The average molecular weight is 485 g/mol. The fourth-order valence-corrected chi connectivity index (χ4v) is 5.50. The summed E-state index contributed by atoms with van der Waals surface area (Å²) >= 11 is 0. The maximum Gasteiger partial charge on any atom is 0.357 e. The summed E-state index contributed by atoms with van der Waals surface area (Å²) in [5.74, 6) is -1.92. The second kappa shape index (κ2) is 9.74. The van der Waals surface area contributed by atoms with E-state index in [9.17, 15) is 27.9 Å². The molecule has 0 atom stereocenters. The number of amides is 1. The minimum atomic E-state index is -3.61. The first kappa shape index (κ1) is 23.6. The van der Waals surface area contributed by atoms with Gasteiger partial charge in [0.25, 0.3) is 5.56 Å². The summed E-state index contributed by atoms with van der Waals surface area (Å²) in [6, 6.07) is 12.0. The van der Waals surface area contributed by atoms with Crippen LogP contribution in [0, 0.1) is 0 Å². The average Bonchev–Trinajstić information content (AvgIpc) is 3.11. The molecule has 0 spiro atoms. The van der Waals surface area contributed by atoms with Crippen molar-refractivity contribution in [1.82, 2.24) is 14.1 Å². The second-order valence-electron chi connectivity index (χ2n) is 8.05. The maximum absolute atomic E-state index is 12.9. The van der Waals surface area contributed by atoms with Gasteiger partial charge in [-0.25, -0.2) is 17.9 Å². The Labute approximate surface area is 195 Å². The quantitative estimate of drug-likeness (QED) is 0.547. The van der Waals surface area contributed by atoms with Crippen molar-refractivity contribution in [2.45, 2.75) is 37.1 Å². The van der Waals surface area contributed by atoms with Crippen LogP contribution in [0.5, 0.6) is 0 Å². The van der Waals surface area contributed by atoms with Crippen molar-refractivity contribution in [3.63, 3.8) is 0 Å². The highest BCUT2D eigenvalue weighted by Gasteiger charge is 2.25. The Morgan fingerprint density at radius 3 is 2.18 bits per heavy atom. The molecular formula is C23H24N4O6S. The van der Waals surface area contributed by atoms with Crippen LogP contribution in [-0.2, 0) is 21.4 Å². The number of fused-ring (bicyclic) bond motifs is 1.